The zero-order valence-electron chi connectivity index (χ0n) is 11.6. The van der Waals surface area contributed by atoms with Gasteiger partial charge >= 0.3 is 11.9 Å². The highest BCUT2D eigenvalue weighted by Crippen LogP contribution is 2.27. The van der Waals surface area contributed by atoms with Crippen molar-refractivity contribution in [2.75, 3.05) is 14.2 Å². The summed E-state index contributed by atoms with van der Waals surface area (Å²) in [5, 5.41) is 8.64. The Morgan fingerprint density at radius 2 is 2.00 bits per heavy atom. The molecule has 0 spiro atoms. The molecule has 1 aromatic carbocycles. The highest BCUT2D eigenvalue weighted by molar-refractivity contribution is 6.31. The van der Waals surface area contributed by atoms with E-state index in [-0.39, 0.29) is 12.5 Å². The second-order valence-corrected chi connectivity index (χ2v) is 4.70. The highest BCUT2D eigenvalue weighted by Gasteiger charge is 2.18. The molecule has 0 fully saturated rings. The van der Waals surface area contributed by atoms with Gasteiger partial charge < -0.3 is 14.7 Å². The molecular formula is C14H19NO4. The molecule has 0 aliphatic heterocycles. The number of benzene rings is 1. The average molecular weight is 265 g/mol. The molecule has 0 aliphatic carbocycles. The summed E-state index contributed by atoms with van der Waals surface area (Å²) in [5.74, 6) is -1.27. The Bertz CT molecular complexity index is 482. The van der Waals surface area contributed by atoms with Crippen LogP contribution in [0.3, 0.4) is 0 Å². The Hall–Kier alpha value is -2.04. The van der Waals surface area contributed by atoms with E-state index in [4.69, 9.17) is 9.84 Å². The lowest BCUT2D eigenvalue weighted by molar-refractivity contribution is -0.155. The largest absolute Gasteiger partial charge is 0.496 e. The normalized spacial score (nSPS) is 10.4. The Labute approximate surface area is 112 Å². The van der Waals surface area contributed by atoms with E-state index < -0.39 is 11.9 Å². The molecular weight excluding hydrogens is 246 g/mol. The number of carbonyl (C=O) groups excluding carboxylic acids is 1. The molecule has 0 atom stereocenters. The van der Waals surface area contributed by atoms with Crippen molar-refractivity contribution in [3.63, 3.8) is 0 Å². The van der Waals surface area contributed by atoms with E-state index in [1.165, 1.54) is 11.9 Å². The number of amides is 1. The molecule has 0 saturated carbocycles. The number of hydrogen-bond acceptors (Lipinski definition) is 3. The zero-order chi connectivity index (χ0) is 14.6. The Morgan fingerprint density at radius 1 is 1.37 bits per heavy atom. The van der Waals surface area contributed by atoms with Crippen LogP contribution in [0.1, 0.15) is 30.9 Å². The fourth-order valence-corrected chi connectivity index (χ4v) is 1.84. The first-order valence-electron chi connectivity index (χ1n) is 6.02. The van der Waals surface area contributed by atoms with E-state index in [0.29, 0.717) is 0 Å². The minimum absolute atomic E-state index is 0.259. The van der Waals surface area contributed by atoms with Crippen LogP contribution in [-0.2, 0) is 16.1 Å². The number of nitrogens with zero attached hydrogens (tertiary/aromatic N) is 1. The Morgan fingerprint density at radius 3 is 2.47 bits per heavy atom. The van der Waals surface area contributed by atoms with Crippen molar-refractivity contribution >= 4 is 11.9 Å². The maximum absolute atomic E-state index is 11.3. The average Bonchev–Trinajstić information content (AvgIpc) is 2.37. The van der Waals surface area contributed by atoms with Crippen LogP contribution < -0.4 is 4.74 Å². The van der Waals surface area contributed by atoms with Gasteiger partial charge in [-0.2, -0.15) is 0 Å². The van der Waals surface area contributed by atoms with Crippen LogP contribution in [-0.4, -0.2) is 36.0 Å². The van der Waals surface area contributed by atoms with E-state index in [9.17, 15) is 9.59 Å². The van der Waals surface area contributed by atoms with Crippen molar-refractivity contribution in [3.05, 3.63) is 29.3 Å². The number of carboxylic acid groups (broad SMARTS) is 1. The zero-order valence-corrected chi connectivity index (χ0v) is 11.6. The van der Waals surface area contributed by atoms with Gasteiger partial charge in [0.1, 0.15) is 5.75 Å². The molecule has 1 aromatic rings. The van der Waals surface area contributed by atoms with Crippen LogP contribution in [0.4, 0.5) is 0 Å². The molecule has 0 bridgehead atoms. The molecule has 1 rings (SSSR count). The summed E-state index contributed by atoms with van der Waals surface area (Å²) in [6.45, 7) is 4.36. The maximum atomic E-state index is 11.3. The van der Waals surface area contributed by atoms with Crippen LogP contribution >= 0.6 is 0 Å². The van der Waals surface area contributed by atoms with Gasteiger partial charge in [0.15, 0.2) is 0 Å². The molecule has 1 amide bonds. The Kier molecular flexibility index (Phi) is 4.92. The van der Waals surface area contributed by atoms with Crippen LogP contribution in [0.5, 0.6) is 5.75 Å². The molecule has 0 heterocycles. The fraction of sp³-hybridized carbons (Fsp3) is 0.429. The van der Waals surface area contributed by atoms with Crippen LogP contribution in [0.2, 0.25) is 0 Å². The number of hydrogen-bond donors (Lipinski definition) is 1. The molecule has 0 saturated heterocycles. The van der Waals surface area contributed by atoms with Crippen molar-refractivity contribution in [1.29, 1.82) is 0 Å². The quantitative estimate of drug-likeness (QED) is 0.844. The SMILES string of the molecule is COc1ccc(CN(C)C(=O)C(=O)O)cc1C(C)C. The summed E-state index contributed by atoms with van der Waals surface area (Å²) in [5.41, 5.74) is 1.91. The predicted molar refractivity (Wildman–Crippen MR) is 71.2 cm³/mol. The number of carboxylic acids is 1. The van der Waals surface area contributed by atoms with Crippen LogP contribution in [0.25, 0.3) is 0 Å². The van der Waals surface area contributed by atoms with Gasteiger partial charge in [-0.05, 0) is 23.1 Å². The standard InChI is InChI=1S/C14H19NO4/c1-9(2)11-7-10(5-6-12(11)19-4)8-15(3)13(16)14(17)18/h5-7,9H,8H2,1-4H3,(H,17,18). The summed E-state index contributed by atoms with van der Waals surface area (Å²) >= 11 is 0. The summed E-state index contributed by atoms with van der Waals surface area (Å²) in [7, 11) is 3.08. The molecule has 1 N–H and O–H groups in total. The van der Waals surface area contributed by atoms with E-state index in [2.05, 4.69) is 0 Å². The predicted octanol–water partition coefficient (Wildman–Crippen LogP) is 1.86. The van der Waals surface area contributed by atoms with Crippen molar-refractivity contribution < 1.29 is 19.4 Å². The molecule has 0 aromatic heterocycles. The summed E-state index contributed by atoms with van der Waals surface area (Å²) < 4.78 is 5.28. The van der Waals surface area contributed by atoms with Gasteiger partial charge in [-0.3, -0.25) is 4.79 Å². The van der Waals surface area contributed by atoms with Crippen molar-refractivity contribution in [2.45, 2.75) is 26.3 Å². The number of aliphatic carboxylic acids is 1. The van der Waals surface area contributed by atoms with Gasteiger partial charge in [-0.1, -0.05) is 26.0 Å². The van der Waals surface area contributed by atoms with Gasteiger partial charge in [0, 0.05) is 13.6 Å². The molecule has 5 nitrogen and oxygen atoms in total. The first-order valence-corrected chi connectivity index (χ1v) is 6.02. The Balaban J connectivity index is 2.94. The van der Waals surface area contributed by atoms with Crippen molar-refractivity contribution in [1.82, 2.24) is 4.90 Å². The molecule has 0 unspecified atom stereocenters. The van der Waals surface area contributed by atoms with Gasteiger partial charge in [0.25, 0.3) is 0 Å². The lowest BCUT2D eigenvalue weighted by atomic mass is 9.99. The van der Waals surface area contributed by atoms with Gasteiger partial charge in [0.2, 0.25) is 0 Å². The van der Waals surface area contributed by atoms with E-state index >= 15 is 0 Å². The second-order valence-electron chi connectivity index (χ2n) is 4.70. The third-order valence-corrected chi connectivity index (χ3v) is 2.87. The monoisotopic (exact) mass is 265 g/mol. The maximum Gasteiger partial charge on any atom is 0.394 e. The fourth-order valence-electron chi connectivity index (χ4n) is 1.84. The lowest BCUT2D eigenvalue weighted by Crippen LogP contribution is -2.32. The van der Waals surface area contributed by atoms with Crippen LogP contribution in [0, 0.1) is 0 Å². The smallest absolute Gasteiger partial charge is 0.394 e. The number of carbonyl (C=O) groups is 2. The first-order chi connectivity index (χ1) is 8.86. The van der Waals surface area contributed by atoms with Crippen LogP contribution in [0.15, 0.2) is 18.2 Å². The molecule has 104 valence electrons. The second kappa shape index (κ2) is 6.22. The van der Waals surface area contributed by atoms with Crippen molar-refractivity contribution in [2.24, 2.45) is 0 Å². The van der Waals surface area contributed by atoms with Gasteiger partial charge in [0.05, 0.1) is 7.11 Å². The highest BCUT2D eigenvalue weighted by atomic mass is 16.5. The minimum Gasteiger partial charge on any atom is -0.496 e. The van der Waals surface area contributed by atoms with E-state index in [1.807, 2.05) is 32.0 Å². The number of rotatable bonds is 4. The van der Waals surface area contributed by atoms with Gasteiger partial charge in [-0.15, -0.1) is 0 Å². The van der Waals surface area contributed by atoms with Gasteiger partial charge in [-0.25, -0.2) is 4.79 Å². The molecule has 5 heteroatoms. The topological polar surface area (TPSA) is 66.8 Å². The molecule has 19 heavy (non-hydrogen) atoms. The third-order valence-electron chi connectivity index (χ3n) is 2.87. The molecule has 0 radical (unpaired) electrons. The molecule has 0 aliphatic rings. The lowest BCUT2D eigenvalue weighted by Gasteiger charge is -2.17. The first kappa shape index (κ1) is 15.0. The van der Waals surface area contributed by atoms with E-state index in [1.54, 1.807) is 7.11 Å². The number of ether oxygens (including phenoxy) is 1. The summed E-state index contributed by atoms with van der Waals surface area (Å²) in [6.07, 6.45) is 0. The number of methoxy groups -OCH3 is 1. The van der Waals surface area contributed by atoms with Crippen molar-refractivity contribution in [3.8, 4) is 5.75 Å². The van der Waals surface area contributed by atoms with E-state index in [0.717, 1.165) is 16.9 Å². The summed E-state index contributed by atoms with van der Waals surface area (Å²) in [6, 6.07) is 5.61. The minimum atomic E-state index is -1.44. The number of likely N-dealkylation sites (N-methyl/N-ethyl adjacent to an activating group) is 1. The summed E-state index contributed by atoms with van der Waals surface area (Å²) in [4.78, 5) is 23.1. The third kappa shape index (κ3) is 3.71.